The van der Waals surface area contributed by atoms with E-state index in [4.69, 9.17) is 5.11 Å². The molecule has 0 bridgehead atoms. The molecule has 2 aromatic carbocycles. The van der Waals surface area contributed by atoms with E-state index in [9.17, 15) is 14.4 Å². The van der Waals surface area contributed by atoms with Crippen molar-refractivity contribution >= 4 is 28.6 Å². The van der Waals surface area contributed by atoms with E-state index in [0.717, 1.165) is 30.0 Å². The fraction of sp³-hybridized carbons (Fsp3) is 0.409. The quantitative estimate of drug-likeness (QED) is 0.770. The Morgan fingerprint density at radius 3 is 2.61 bits per heavy atom. The second-order valence-electron chi connectivity index (χ2n) is 7.24. The maximum atomic E-state index is 12.6. The van der Waals surface area contributed by atoms with Crippen molar-refractivity contribution in [3.05, 3.63) is 48.0 Å². The largest absolute Gasteiger partial charge is 0.481 e. The molecule has 0 aliphatic carbocycles. The molecule has 1 unspecified atom stereocenters. The molecule has 0 spiro atoms. The highest BCUT2D eigenvalue weighted by Gasteiger charge is 2.26. The Morgan fingerprint density at radius 2 is 1.82 bits per heavy atom. The lowest BCUT2D eigenvalue weighted by atomic mass is 9.97. The zero-order valence-electron chi connectivity index (χ0n) is 15.9. The molecule has 2 N–H and O–H groups in total. The Labute approximate surface area is 164 Å². The van der Waals surface area contributed by atoms with E-state index in [0.29, 0.717) is 18.5 Å². The number of carbonyl (C=O) groups excluding carboxylic acids is 2. The third-order valence-electron chi connectivity index (χ3n) is 5.27. The molecule has 6 heteroatoms. The molecule has 1 aliphatic rings. The maximum absolute atomic E-state index is 12.6. The number of benzene rings is 2. The Balaban J connectivity index is 1.51. The van der Waals surface area contributed by atoms with Crippen molar-refractivity contribution in [1.82, 2.24) is 10.2 Å². The predicted octanol–water partition coefficient (Wildman–Crippen LogP) is 3.21. The number of amides is 2. The van der Waals surface area contributed by atoms with E-state index in [-0.39, 0.29) is 37.2 Å². The number of rotatable bonds is 7. The highest BCUT2D eigenvalue weighted by Crippen LogP contribution is 2.21. The van der Waals surface area contributed by atoms with E-state index in [1.54, 1.807) is 11.0 Å². The average Bonchev–Trinajstić information content (AvgIpc) is 2.71. The molecule has 1 aliphatic heterocycles. The third-order valence-corrected chi connectivity index (χ3v) is 5.27. The van der Waals surface area contributed by atoms with Gasteiger partial charge in [-0.15, -0.1) is 0 Å². The Kier molecular flexibility index (Phi) is 6.63. The summed E-state index contributed by atoms with van der Waals surface area (Å²) in [6, 6.07) is 13.4. The number of carboxylic acid groups (broad SMARTS) is 1. The molecule has 6 nitrogen and oxygen atoms in total. The number of hydrogen-bond acceptors (Lipinski definition) is 3. The van der Waals surface area contributed by atoms with Crippen LogP contribution in [0.4, 0.5) is 0 Å². The summed E-state index contributed by atoms with van der Waals surface area (Å²) in [5.41, 5.74) is 0.573. The zero-order valence-corrected chi connectivity index (χ0v) is 15.9. The first-order valence-electron chi connectivity index (χ1n) is 9.83. The first-order chi connectivity index (χ1) is 13.5. The van der Waals surface area contributed by atoms with E-state index in [1.807, 2.05) is 36.4 Å². The fourth-order valence-corrected chi connectivity index (χ4v) is 3.78. The van der Waals surface area contributed by atoms with E-state index < -0.39 is 5.97 Å². The Hall–Kier alpha value is -2.89. The zero-order chi connectivity index (χ0) is 19.9. The van der Waals surface area contributed by atoms with Crippen LogP contribution in [0.5, 0.6) is 0 Å². The van der Waals surface area contributed by atoms with Crippen molar-refractivity contribution in [2.75, 3.05) is 13.1 Å². The standard InChI is InChI=1S/C22H26N2O4/c25-20(24-14-4-3-7-19(24)10-11-21(26)27)12-13-23-22(28)18-9-8-16-5-1-2-6-17(16)15-18/h1-2,5-6,8-9,15,19H,3-4,7,10-14H2,(H,23,28)(H,26,27). The SMILES string of the molecule is O=C(O)CCC1CCCCN1C(=O)CCNC(=O)c1ccc2ccccc2c1. The van der Waals surface area contributed by atoms with Crippen molar-refractivity contribution in [2.24, 2.45) is 0 Å². The van der Waals surface area contributed by atoms with Gasteiger partial charge in [-0.05, 0) is 48.6 Å². The van der Waals surface area contributed by atoms with Crippen LogP contribution in [0.15, 0.2) is 42.5 Å². The summed E-state index contributed by atoms with van der Waals surface area (Å²) >= 11 is 0. The number of piperidine rings is 1. The molecule has 2 amide bonds. The molecule has 3 rings (SSSR count). The number of nitrogens with one attached hydrogen (secondary N) is 1. The van der Waals surface area contributed by atoms with Crippen LogP contribution in [-0.2, 0) is 9.59 Å². The monoisotopic (exact) mass is 382 g/mol. The molecule has 1 heterocycles. The summed E-state index contributed by atoms with van der Waals surface area (Å²) in [4.78, 5) is 37.6. The number of nitrogens with zero attached hydrogens (tertiary/aromatic N) is 1. The first-order valence-corrected chi connectivity index (χ1v) is 9.83. The maximum Gasteiger partial charge on any atom is 0.303 e. The number of carbonyl (C=O) groups is 3. The normalized spacial score (nSPS) is 16.7. The van der Waals surface area contributed by atoms with Gasteiger partial charge in [-0.3, -0.25) is 14.4 Å². The molecule has 28 heavy (non-hydrogen) atoms. The van der Waals surface area contributed by atoms with Gasteiger partial charge in [0.15, 0.2) is 0 Å². The van der Waals surface area contributed by atoms with Crippen molar-refractivity contribution in [2.45, 2.75) is 44.6 Å². The molecule has 0 saturated carbocycles. The molecule has 1 atom stereocenters. The molecule has 1 saturated heterocycles. The van der Waals surface area contributed by atoms with Gasteiger partial charge in [0.2, 0.25) is 5.91 Å². The highest BCUT2D eigenvalue weighted by atomic mass is 16.4. The number of carboxylic acids is 1. The molecule has 1 fully saturated rings. The van der Waals surface area contributed by atoms with Crippen molar-refractivity contribution < 1.29 is 19.5 Å². The van der Waals surface area contributed by atoms with Crippen LogP contribution in [0.1, 0.15) is 48.9 Å². The average molecular weight is 382 g/mol. The van der Waals surface area contributed by atoms with Gasteiger partial charge in [-0.1, -0.05) is 30.3 Å². The van der Waals surface area contributed by atoms with E-state index in [1.165, 1.54) is 0 Å². The number of likely N-dealkylation sites (tertiary alicyclic amines) is 1. The lowest BCUT2D eigenvalue weighted by Crippen LogP contribution is -2.45. The van der Waals surface area contributed by atoms with Gasteiger partial charge in [0.1, 0.15) is 0 Å². The molecule has 0 radical (unpaired) electrons. The summed E-state index contributed by atoms with van der Waals surface area (Å²) in [7, 11) is 0. The highest BCUT2D eigenvalue weighted by molar-refractivity contribution is 5.98. The summed E-state index contributed by atoms with van der Waals surface area (Å²) in [6.07, 6.45) is 3.61. The van der Waals surface area contributed by atoms with Gasteiger partial charge in [-0.2, -0.15) is 0 Å². The first kappa shape index (κ1) is 19.9. The molecule has 2 aromatic rings. The summed E-state index contributed by atoms with van der Waals surface area (Å²) < 4.78 is 0. The fourth-order valence-electron chi connectivity index (χ4n) is 3.78. The van der Waals surface area contributed by atoms with Gasteiger partial charge >= 0.3 is 5.97 Å². The summed E-state index contributed by atoms with van der Waals surface area (Å²) in [5, 5.41) is 13.8. The number of hydrogen-bond donors (Lipinski definition) is 2. The van der Waals surface area contributed by atoms with Gasteiger partial charge < -0.3 is 15.3 Å². The molecule has 0 aromatic heterocycles. The van der Waals surface area contributed by atoms with Gasteiger partial charge in [0, 0.05) is 37.5 Å². The summed E-state index contributed by atoms with van der Waals surface area (Å²) in [5.74, 6) is -1.05. The van der Waals surface area contributed by atoms with Crippen LogP contribution < -0.4 is 5.32 Å². The van der Waals surface area contributed by atoms with Crippen molar-refractivity contribution in [3.8, 4) is 0 Å². The Morgan fingerprint density at radius 1 is 1.04 bits per heavy atom. The van der Waals surface area contributed by atoms with E-state index >= 15 is 0 Å². The van der Waals surface area contributed by atoms with Gasteiger partial charge in [0.05, 0.1) is 0 Å². The van der Waals surface area contributed by atoms with Gasteiger partial charge in [0.25, 0.3) is 5.91 Å². The summed E-state index contributed by atoms with van der Waals surface area (Å²) in [6.45, 7) is 0.939. The minimum atomic E-state index is -0.833. The van der Waals surface area contributed by atoms with Crippen LogP contribution >= 0.6 is 0 Å². The lowest BCUT2D eigenvalue weighted by Gasteiger charge is -2.35. The van der Waals surface area contributed by atoms with Crippen molar-refractivity contribution in [3.63, 3.8) is 0 Å². The van der Waals surface area contributed by atoms with Crippen molar-refractivity contribution in [1.29, 1.82) is 0 Å². The second-order valence-corrected chi connectivity index (χ2v) is 7.24. The smallest absolute Gasteiger partial charge is 0.303 e. The predicted molar refractivity (Wildman–Crippen MR) is 107 cm³/mol. The van der Waals surface area contributed by atoms with Crippen LogP contribution in [0.25, 0.3) is 10.8 Å². The molecular weight excluding hydrogens is 356 g/mol. The number of aliphatic carboxylic acids is 1. The van der Waals surface area contributed by atoms with Gasteiger partial charge in [-0.25, -0.2) is 0 Å². The van der Waals surface area contributed by atoms with Crippen LogP contribution in [0.3, 0.4) is 0 Å². The topological polar surface area (TPSA) is 86.7 Å². The minimum absolute atomic E-state index is 0.00598. The molecular formula is C22H26N2O4. The second kappa shape index (κ2) is 9.35. The number of fused-ring (bicyclic) bond motifs is 1. The van der Waals surface area contributed by atoms with E-state index in [2.05, 4.69) is 5.32 Å². The molecule has 148 valence electrons. The van der Waals surface area contributed by atoms with Crippen LogP contribution in [0, 0.1) is 0 Å². The third kappa shape index (κ3) is 5.09. The lowest BCUT2D eigenvalue weighted by molar-refractivity contribution is -0.140. The minimum Gasteiger partial charge on any atom is -0.481 e. The Bertz CT molecular complexity index is 864. The van der Waals surface area contributed by atoms with Crippen LogP contribution in [-0.4, -0.2) is 46.9 Å². The van der Waals surface area contributed by atoms with Crippen LogP contribution in [0.2, 0.25) is 0 Å².